The molecule has 0 aromatic heterocycles. The second-order valence-corrected chi connectivity index (χ2v) is 4.91. The lowest BCUT2D eigenvalue weighted by atomic mass is 10.1. The number of Topliss-reactive ketones (excluding diaryl/α,β-unsaturated/α-hetero) is 1. The largest absolute Gasteiger partial charge is 0.374 e. The van der Waals surface area contributed by atoms with Crippen molar-refractivity contribution in [1.29, 1.82) is 0 Å². The van der Waals surface area contributed by atoms with E-state index in [0.29, 0.717) is 13.0 Å². The van der Waals surface area contributed by atoms with Gasteiger partial charge in [0.1, 0.15) is 5.82 Å². The molecule has 2 aromatic rings. The summed E-state index contributed by atoms with van der Waals surface area (Å²) in [7, 11) is 1.93. The number of nitrogens with zero attached hydrogens (tertiary/aromatic N) is 1. The highest BCUT2D eigenvalue weighted by atomic mass is 19.1. The van der Waals surface area contributed by atoms with E-state index in [1.165, 1.54) is 17.7 Å². The van der Waals surface area contributed by atoms with Crippen molar-refractivity contribution >= 4 is 11.5 Å². The smallest absolute Gasteiger partial charge is 0.167 e. The topological polar surface area (TPSA) is 20.3 Å². The van der Waals surface area contributed by atoms with Crippen LogP contribution in [0, 0.1) is 12.7 Å². The number of carbonyl (C=O) groups excluding carboxylic acids is 1. The summed E-state index contributed by atoms with van der Waals surface area (Å²) in [5, 5.41) is 0. The predicted octanol–water partition coefficient (Wildman–Crippen LogP) is 3.84. The zero-order valence-electron chi connectivity index (χ0n) is 11.8. The van der Waals surface area contributed by atoms with Gasteiger partial charge in [-0.15, -0.1) is 0 Å². The summed E-state index contributed by atoms with van der Waals surface area (Å²) in [6.45, 7) is 2.60. The Labute approximate surface area is 118 Å². The van der Waals surface area contributed by atoms with Gasteiger partial charge in [-0.2, -0.15) is 0 Å². The van der Waals surface area contributed by atoms with Crippen LogP contribution in [0.3, 0.4) is 0 Å². The van der Waals surface area contributed by atoms with Gasteiger partial charge in [0, 0.05) is 25.7 Å². The summed E-state index contributed by atoms with van der Waals surface area (Å²) in [4.78, 5) is 14.0. The molecule has 0 N–H and O–H groups in total. The molecule has 0 unspecified atom stereocenters. The first-order chi connectivity index (χ1) is 9.58. The highest BCUT2D eigenvalue weighted by Gasteiger charge is 2.11. The van der Waals surface area contributed by atoms with Crippen molar-refractivity contribution in [3.05, 3.63) is 65.5 Å². The normalized spacial score (nSPS) is 10.3. The molecule has 0 heterocycles. The molecule has 0 aliphatic rings. The van der Waals surface area contributed by atoms with Gasteiger partial charge in [0.2, 0.25) is 0 Å². The van der Waals surface area contributed by atoms with Gasteiger partial charge in [0.05, 0.1) is 5.56 Å². The summed E-state index contributed by atoms with van der Waals surface area (Å²) in [6, 6.07) is 14.2. The van der Waals surface area contributed by atoms with Crippen LogP contribution in [0.15, 0.2) is 48.5 Å². The minimum absolute atomic E-state index is 0.165. The fraction of sp³-hybridized carbons (Fsp3) is 0.235. The average Bonchev–Trinajstić information content (AvgIpc) is 2.45. The number of hydrogen-bond acceptors (Lipinski definition) is 2. The lowest BCUT2D eigenvalue weighted by Crippen LogP contribution is -2.21. The number of rotatable bonds is 5. The van der Waals surface area contributed by atoms with Gasteiger partial charge in [-0.25, -0.2) is 4.39 Å². The van der Waals surface area contributed by atoms with E-state index < -0.39 is 5.82 Å². The Kier molecular flexibility index (Phi) is 4.51. The molecule has 0 aliphatic carbocycles. The molecule has 0 saturated heterocycles. The summed E-state index contributed by atoms with van der Waals surface area (Å²) >= 11 is 0. The van der Waals surface area contributed by atoms with Gasteiger partial charge in [0.15, 0.2) is 5.78 Å². The van der Waals surface area contributed by atoms with E-state index in [1.54, 1.807) is 12.1 Å². The zero-order chi connectivity index (χ0) is 14.5. The van der Waals surface area contributed by atoms with E-state index in [4.69, 9.17) is 0 Å². The Morgan fingerprint density at radius 2 is 1.75 bits per heavy atom. The molecular weight excluding hydrogens is 253 g/mol. The molecule has 0 spiro atoms. The van der Waals surface area contributed by atoms with Crippen LogP contribution in [-0.2, 0) is 0 Å². The molecule has 3 heteroatoms. The van der Waals surface area contributed by atoms with Gasteiger partial charge < -0.3 is 4.90 Å². The lowest BCUT2D eigenvalue weighted by molar-refractivity contribution is 0.0981. The molecule has 0 radical (unpaired) electrons. The zero-order valence-corrected chi connectivity index (χ0v) is 11.8. The number of benzene rings is 2. The van der Waals surface area contributed by atoms with E-state index in [0.717, 1.165) is 5.69 Å². The second-order valence-electron chi connectivity index (χ2n) is 4.91. The molecule has 0 atom stereocenters. The maximum absolute atomic E-state index is 13.5. The Bertz CT molecular complexity index is 592. The number of hydrogen-bond donors (Lipinski definition) is 0. The van der Waals surface area contributed by atoms with Gasteiger partial charge in [-0.3, -0.25) is 4.79 Å². The molecule has 2 aromatic carbocycles. The SMILES string of the molecule is Cc1ccc(N(C)CCC(=O)c2ccccc2F)cc1. The Morgan fingerprint density at radius 1 is 1.10 bits per heavy atom. The summed E-state index contributed by atoms with van der Waals surface area (Å²) < 4.78 is 13.5. The Morgan fingerprint density at radius 3 is 2.40 bits per heavy atom. The van der Waals surface area contributed by atoms with E-state index >= 15 is 0 Å². The summed E-state index contributed by atoms with van der Waals surface area (Å²) in [5.41, 5.74) is 2.42. The minimum atomic E-state index is -0.449. The van der Waals surface area contributed by atoms with Gasteiger partial charge >= 0.3 is 0 Å². The van der Waals surface area contributed by atoms with Crippen LogP contribution >= 0.6 is 0 Å². The average molecular weight is 271 g/mol. The molecule has 0 saturated carbocycles. The van der Waals surface area contributed by atoms with Crippen LogP contribution in [0.1, 0.15) is 22.3 Å². The predicted molar refractivity (Wildman–Crippen MR) is 79.8 cm³/mol. The van der Waals surface area contributed by atoms with Crippen molar-refractivity contribution in [1.82, 2.24) is 0 Å². The maximum Gasteiger partial charge on any atom is 0.167 e. The van der Waals surface area contributed by atoms with Crippen molar-refractivity contribution in [2.45, 2.75) is 13.3 Å². The van der Waals surface area contributed by atoms with E-state index in [9.17, 15) is 9.18 Å². The van der Waals surface area contributed by atoms with Crippen molar-refractivity contribution in [2.24, 2.45) is 0 Å². The number of anilines is 1. The highest BCUT2D eigenvalue weighted by Crippen LogP contribution is 2.15. The first-order valence-electron chi connectivity index (χ1n) is 6.63. The molecule has 0 aliphatic heterocycles. The number of halogens is 1. The van der Waals surface area contributed by atoms with Crippen LogP contribution < -0.4 is 4.90 Å². The highest BCUT2D eigenvalue weighted by molar-refractivity contribution is 5.96. The second kappa shape index (κ2) is 6.33. The monoisotopic (exact) mass is 271 g/mol. The van der Waals surface area contributed by atoms with Crippen LogP contribution in [-0.4, -0.2) is 19.4 Å². The first-order valence-corrected chi connectivity index (χ1v) is 6.63. The van der Waals surface area contributed by atoms with E-state index in [2.05, 4.69) is 0 Å². The molecule has 0 bridgehead atoms. The maximum atomic E-state index is 13.5. The van der Waals surface area contributed by atoms with Crippen molar-refractivity contribution in [2.75, 3.05) is 18.5 Å². The van der Waals surface area contributed by atoms with Crippen LogP contribution in [0.5, 0.6) is 0 Å². The van der Waals surface area contributed by atoms with Crippen molar-refractivity contribution in [3.8, 4) is 0 Å². The summed E-state index contributed by atoms with van der Waals surface area (Å²) in [6.07, 6.45) is 0.297. The van der Waals surface area contributed by atoms with Gasteiger partial charge in [-0.05, 0) is 31.2 Å². The third-order valence-corrected chi connectivity index (χ3v) is 3.32. The molecular formula is C17H18FNO. The van der Waals surface area contributed by atoms with Crippen molar-refractivity contribution < 1.29 is 9.18 Å². The Balaban J connectivity index is 1.97. The first kappa shape index (κ1) is 14.3. The fourth-order valence-electron chi connectivity index (χ4n) is 2.02. The molecule has 2 rings (SSSR count). The van der Waals surface area contributed by atoms with Crippen LogP contribution in [0.2, 0.25) is 0 Å². The minimum Gasteiger partial charge on any atom is -0.374 e. The molecule has 2 nitrogen and oxygen atoms in total. The van der Waals surface area contributed by atoms with E-state index in [1.807, 2.05) is 43.1 Å². The van der Waals surface area contributed by atoms with Crippen LogP contribution in [0.4, 0.5) is 10.1 Å². The standard InChI is InChI=1S/C17H18FNO/c1-13-7-9-14(10-8-13)19(2)12-11-17(20)15-5-3-4-6-16(15)18/h3-10H,11-12H2,1-2H3. The fourth-order valence-corrected chi connectivity index (χ4v) is 2.02. The number of aryl methyl sites for hydroxylation is 1. The number of ketones is 1. The summed E-state index contributed by atoms with van der Waals surface area (Å²) in [5.74, 6) is -0.613. The number of carbonyl (C=O) groups is 1. The van der Waals surface area contributed by atoms with Crippen LogP contribution in [0.25, 0.3) is 0 Å². The Hall–Kier alpha value is -2.16. The molecule has 104 valence electrons. The van der Waals surface area contributed by atoms with Gasteiger partial charge in [-0.1, -0.05) is 29.8 Å². The quantitative estimate of drug-likeness (QED) is 0.770. The lowest BCUT2D eigenvalue weighted by Gasteiger charge is -2.19. The van der Waals surface area contributed by atoms with Gasteiger partial charge in [0.25, 0.3) is 0 Å². The van der Waals surface area contributed by atoms with E-state index in [-0.39, 0.29) is 11.3 Å². The molecule has 0 amide bonds. The molecule has 20 heavy (non-hydrogen) atoms. The third kappa shape index (κ3) is 3.44. The third-order valence-electron chi connectivity index (χ3n) is 3.32. The van der Waals surface area contributed by atoms with Crippen molar-refractivity contribution in [3.63, 3.8) is 0 Å². The molecule has 0 fully saturated rings.